The molecule has 0 unspecified atom stereocenters. The van der Waals surface area contributed by atoms with Crippen LogP contribution < -0.4 is 14.8 Å². The second-order valence-electron chi connectivity index (χ2n) is 7.23. The van der Waals surface area contributed by atoms with E-state index in [0.29, 0.717) is 33.9 Å². The van der Waals surface area contributed by atoms with Crippen molar-refractivity contribution in [2.45, 2.75) is 6.92 Å². The number of aryl methyl sites for hydroxylation is 1. The second-order valence-corrected chi connectivity index (χ2v) is 8.07. The molecule has 0 bridgehead atoms. The molecular weight excluding hydrogens is 440 g/mol. The first-order valence-corrected chi connectivity index (χ1v) is 11.1. The number of nitrogens with zero attached hydrogens (tertiary/aromatic N) is 3. The van der Waals surface area contributed by atoms with E-state index in [0.717, 1.165) is 16.7 Å². The quantitative estimate of drug-likeness (QED) is 0.364. The molecule has 0 saturated heterocycles. The number of benzene rings is 2. The number of amides is 1. The van der Waals surface area contributed by atoms with Crippen LogP contribution in [0.4, 0.5) is 5.82 Å². The Bertz CT molecular complexity index is 1400. The maximum absolute atomic E-state index is 12.6. The van der Waals surface area contributed by atoms with Crippen LogP contribution in [0.1, 0.15) is 5.69 Å². The van der Waals surface area contributed by atoms with Crippen molar-refractivity contribution in [3.8, 4) is 28.1 Å². The Kier molecular flexibility index (Phi) is 5.54. The zero-order valence-corrected chi connectivity index (χ0v) is 18.8. The molecule has 5 aromatic rings. The largest absolute Gasteiger partial charge is 0.493 e. The number of ether oxygens (including phenoxy) is 2. The van der Waals surface area contributed by atoms with Gasteiger partial charge in [-0.05, 0) is 31.2 Å². The van der Waals surface area contributed by atoms with Crippen LogP contribution in [0, 0.1) is 6.92 Å². The molecule has 0 aliphatic carbocycles. The SMILES string of the molecule is COc1ccccc1OCC(=O)Nc1cc(C)nn1-c1nc(-c2cc3ccccc3o2)cs1. The van der Waals surface area contributed by atoms with Crippen molar-refractivity contribution in [3.63, 3.8) is 0 Å². The lowest BCUT2D eigenvalue weighted by molar-refractivity contribution is -0.118. The predicted octanol–water partition coefficient (Wildman–Crippen LogP) is 5.08. The molecule has 8 nitrogen and oxygen atoms in total. The summed E-state index contributed by atoms with van der Waals surface area (Å²) in [5.41, 5.74) is 2.26. The van der Waals surface area contributed by atoms with E-state index in [1.807, 2.05) is 54.8 Å². The lowest BCUT2D eigenvalue weighted by Gasteiger charge is -2.10. The molecule has 33 heavy (non-hydrogen) atoms. The number of thiazole rings is 1. The zero-order valence-electron chi connectivity index (χ0n) is 17.9. The van der Waals surface area contributed by atoms with E-state index in [-0.39, 0.29) is 12.5 Å². The minimum Gasteiger partial charge on any atom is -0.493 e. The van der Waals surface area contributed by atoms with E-state index in [1.54, 1.807) is 30.0 Å². The first-order valence-electron chi connectivity index (χ1n) is 10.2. The first kappa shape index (κ1) is 20.8. The summed E-state index contributed by atoms with van der Waals surface area (Å²) in [6, 6.07) is 18.7. The van der Waals surface area contributed by atoms with Crippen molar-refractivity contribution in [3.05, 3.63) is 71.7 Å². The van der Waals surface area contributed by atoms with Crippen LogP contribution in [0.2, 0.25) is 0 Å². The number of hydrogen-bond acceptors (Lipinski definition) is 7. The van der Waals surface area contributed by atoms with Crippen molar-refractivity contribution < 1.29 is 18.7 Å². The summed E-state index contributed by atoms with van der Waals surface area (Å²) in [5, 5.41) is 10.9. The van der Waals surface area contributed by atoms with Gasteiger partial charge in [0.15, 0.2) is 23.9 Å². The molecule has 0 radical (unpaired) electrons. The van der Waals surface area contributed by atoms with Gasteiger partial charge in [-0.1, -0.05) is 30.3 Å². The lowest BCUT2D eigenvalue weighted by atomic mass is 10.2. The van der Waals surface area contributed by atoms with Crippen molar-refractivity contribution in [1.29, 1.82) is 0 Å². The van der Waals surface area contributed by atoms with Crippen LogP contribution in [-0.2, 0) is 4.79 Å². The summed E-state index contributed by atoms with van der Waals surface area (Å²) >= 11 is 1.41. The highest BCUT2D eigenvalue weighted by atomic mass is 32.1. The molecule has 0 spiro atoms. The number of rotatable bonds is 7. The van der Waals surface area contributed by atoms with Gasteiger partial charge in [-0.25, -0.2) is 4.98 Å². The van der Waals surface area contributed by atoms with Crippen LogP contribution in [0.25, 0.3) is 27.6 Å². The van der Waals surface area contributed by atoms with Crippen molar-refractivity contribution in [1.82, 2.24) is 14.8 Å². The molecule has 1 N–H and O–H groups in total. The number of methoxy groups -OCH3 is 1. The maximum atomic E-state index is 12.6. The van der Waals surface area contributed by atoms with Gasteiger partial charge >= 0.3 is 0 Å². The molecule has 3 heterocycles. The van der Waals surface area contributed by atoms with Crippen molar-refractivity contribution in [2.24, 2.45) is 0 Å². The predicted molar refractivity (Wildman–Crippen MR) is 126 cm³/mol. The molecule has 5 rings (SSSR count). The van der Waals surface area contributed by atoms with Gasteiger partial charge in [0, 0.05) is 16.8 Å². The van der Waals surface area contributed by atoms with Gasteiger partial charge in [0.05, 0.1) is 12.8 Å². The third kappa shape index (κ3) is 4.31. The highest BCUT2D eigenvalue weighted by Gasteiger charge is 2.17. The zero-order chi connectivity index (χ0) is 22.8. The van der Waals surface area contributed by atoms with Gasteiger partial charge in [-0.2, -0.15) is 9.78 Å². The van der Waals surface area contributed by atoms with Crippen LogP contribution in [0.5, 0.6) is 11.5 Å². The van der Waals surface area contributed by atoms with Gasteiger partial charge < -0.3 is 19.2 Å². The van der Waals surface area contributed by atoms with Gasteiger partial charge in [0.2, 0.25) is 5.13 Å². The van der Waals surface area contributed by atoms with Gasteiger partial charge in [0.25, 0.3) is 5.91 Å². The first-order chi connectivity index (χ1) is 16.1. The minimum atomic E-state index is -0.323. The fraction of sp³-hybridized carbons (Fsp3) is 0.125. The van der Waals surface area contributed by atoms with E-state index < -0.39 is 0 Å². The average Bonchev–Trinajstić information content (AvgIpc) is 3.55. The van der Waals surface area contributed by atoms with Gasteiger partial charge in [-0.3, -0.25) is 4.79 Å². The van der Waals surface area contributed by atoms with E-state index in [4.69, 9.17) is 13.9 Å². The topological polar surface area (TPSA) is 91.4 Å². The Hall–Kier alpha value is -4.11. The molecule has 3 aromatic heterocycles. The van der Waals surface area contributed by atoms with E-state index >= 15 is 0 Å². The Balaban J connectivity index is 1.33. The molecule has 0 aliphatic rings. The second kappa shape index (κ2) is 8.79. The summed E-state index contributed by atoms with van der Waals surface area (Å²) < 4.78 is 18.4. The Morgan fingerprint density at radius 2 is 1.91 bits per heavy atom. The van der Waals surface area contributed by atoms with Crippen LogP contribution in [0.15, 0.2) is 70.5 Å². The summed E-state index contributed by atoms with van der Waals surface area (Å²) in [6.07, 6.45) is 0. The Labute approximate surface area is 193 Å². The van der Waals surface area contributed by atoms with Crippen LogP contribution in [0.3, 0.4) is 0 Å². The Morgan fingerprint density at radius 1 is 1.12 bits per heavy atom. The normalized spacial score (nSPS) is 11.0. The van der Waals surface area contributed by atoms with Crippen molar-refractivity contribution >= 4 is 34.0 Å². The van der Waals surface area contributed by atoms with E-state index in [9.17, 15) is 4.79 Å². The van der Waals surface area contributed by atoms with Crippen molar-refractivity contribution in [2.75, 3.05) is 19.0 Å². The highest BCUT2D eigenvalue weighted by Crippen LogP contribution is 2.31. The Morgan fingerprint density at radius 3 is 2.73 bits per heavy atom. The van der Waals surface area contributed by atoms with Crippen LogP contribution in [-0.4, -0.2) is 34.4 Å². The van der Waals surface area contributed by atoms with Gasteiger partial charge in [0.1, 0.15) is 17.1 Å². The summed E-state index contributed by atoms with van der Waals surface area (Å²) in [4.78, 5) is 17.2. The summed E-state index contributed by atoms with van der Waals surface area (Å²) in [6.45, 7) is 1.68. The fourth-order valence-electron chi connectivity index (χ4n) is 3.38. The van der Waals surface area contributed by atoms with E-state index in [1.165, 1.54) is 11.3 Å². The number of nitrogens with one attached hydrogen (secondary N) is 1. The molecule has 9 heteroatoms. The summed E-state index contributed by atoms with van der Waals surface area (Å²) in [5.74, 6) is 1.92. The standard InChI is InChI=1S/C24H20N4O4S/c1-15-11-22(26-23(29)13-31-20-10-6-5-9-19(20)30-2)28(27-15)24-25-17(14-33-24)21-12-16-7-3-4-8-18(16)32-21/h3-12,14H,13H2,1-2H3,(H,26,29). The minimum absolute atomic E-state index is 0.174. The lowest BCUT2D eigenvalue weighted by Crippen LogP contribution is -2.22. The molecule has 2 aromatic carbocycles. The molecule has 0 aliphatic heterocycles. The number of carbonyl (C=O) groups excluding carboxylic acids is 1. The molecule has 1 amide bonds. The number of anilines is 1. The van der Waals surface area contributed by atoms with E-state index in [2.05, 4.69) is 15.4 Å². The number of furan rings is 1. The third-order valence-corrected chi connectivity index (χ3v) is 5.69. The highest BCUT2D eigenvalue weighted by molar-refractivity contribution is 7.12. The molecular formula is C24H20N4O4S. The van der Waals surface area contributed by atoms with Crippen LogP contribution >= 0.6 is 11.3 Å². The molecule has 0 atom stereocenters. The average molecular weight is 461 g/mol. The monoisotopic (exact) mass is 460 g/mol. The molecule has 0 fully saturated rings. The fourth-order valence-corrected chi connectivity index (χ4v) is 4.15. The number of para-hydroxylation sites is 3. The summed E-state index contributed by atoms with van der Waals surface area (Å²) in [7, 11) is 1.55. The smallest absolute Gasteiger partial charge is 0.263 e. The maximum Gasteiger partial charge on any atom is 0.263 e. The number of aromatic nitrogens is 3. The number of hydrogen-bond donors (Lipinski definition) is 1. The molecule has 166 valence electrons. The number of carbonyl (C=O) groups is 1. The van der Waals surface area contributed by atoms with Gasteiger partial charge in [-0.15, -0.1) is 11.3 Å². The molecule has 0 saturated carbocycles. The number of fused-ring (bicyclic) bond motifs is 1. The third-order valence-electron chi connectivity index (χ3n) is 4.88.